The van der Waals surface area contributed by atoms with Gasteiger partial charge < -0.3 is 4.98 Å². The Morgan fingerprint density at radius 1 is 1.35 bits per heavy atom. The van der Waals surface area contributed by atoms with Crippen LogP contribution in [0.2, 0.25) is 0 Å². The van der Waals surface area contributed by atoms with Crippen LogP contribution in [0, 0.1) is 17.1 Å². The van der Waals surface area contributed by atoms with Crippen LogP contribution in [0.15, 0.2) is 41.3 Å². The summed E-state index contributed by atoms with van der Waals surface area (Å²) < 4.78 is 13.1. The Balaban J connectivity index is 2.66. The lowest BCUT2D eigenvalue weighted by atomic mass is 10.00. The third-order valence-corrected chi connectivity index (χ3v) is 2.43. The average Bonchev–Trinajstić information content (AvgIpc) is 2.29. The molecule has 0 aliphatic carbocycles. The molecule has 84 valence electrons. The van der Waals surface area contributed by atoms with Gasteiger partial charge in [-0.2, -0.15) is 5.26 Å². The van der Waals surface area contributed by atoms with Gasteiger partial charge in [-0.05, 0) is 29.3 Å². The van der Waals surface area contributed by atoms with Crippen LogP contribution in [-0.2, 0) is 6.42 Å². The van der Waals surface area contributed by atoms with Gasteiger partial charge in [-0.15, -0.1) is 0 Å². The van der Waals surface area contributed by atoms with Gasteiger partial charge in [0.05, 0.1) is 18.1 Å². The maximum atomic E-state index is 13.1. The third-order valence-electron chi connectivity index (χ3n) is 2.43. The minimum absolute atomic E-state index is 0.121. The van der Waals surface area contributed by atoms with Crippen molar-refractivity contribution in [3.05, 3.63) is 58.3 Å². The fraction of sp³-hybridized carbons (Fsp3) is 0.0769. The molecular formula is C13H9FN2O. The lowest BCUT2D eigenvalue weighted by Crippen LogP contribution is -2.11. The second-order valence-electron chi connectivity index (χ2n) is 3.55. The molecule has 0 bridgehead atoms. The molecule has 1 heterocycles. The summed E-state index contributed by atoms with van der Waals surface area (Å²) in [4.78, 5) is 14.3. The number of rotatable bonds is 2. The Hall–Kier alpha value is -2.41. The van der Waals surface area contributed by atoms with Gasteiger partial charge in [0.2, 0.25) is 0 Å². The predicted molar refractivity (Wildman–Crippen MR) is 61.8 cm³/mol. The van der Waals surface area contributed by atoms with Crippen molar-refractivity contribution in [3.63, 3.8) is 0 Å². The summed E-state index contributed by atoms with van der Waals surface area (Å²) in [5, 5.41) is 8.70. The first kappa shape index (κ1) is 11.1. The largest absolute Gasteiger partial charge is 0.329 e. The molecule has 2 aromatic rings. The Morgan fingerprint density at radius 2 is 2.18 bits per heavy atom. The van der Waals surface area contributed by atoms with E-state index in [1.807, 2.05) is 6.07 Å². The van der Waals surface area contributed by atoms with E-state index in [0.29, 0.717) is 16.7 Å². The van der Waals surface area contributed by atoms with Crippen LogP contribution >= 0.6 is 0 Å². The normalized spacial score (nSPS) is 9.88. The Labute approximate surface area is 97.2 Å². The van der Waals surface area contributed by atoms with E-state index in [9.17, 15) is 9.18 Å². The molecule has 0 unspecified atom stereocenters. The van der Waals surface area contributed by atoms with Gasteiger partial charge in [0.25, 0.3) is 5.56 Å². The van der Waals surface area contributed by atoms with Crippen LogP contribution in [0.3, 0.4) is 0 Å². The maximum Gasteiger partial charge on any atom is 0.256 e. The number of pyridine rings is 1. The number of hydrogen-bond donors (Lipinski definition) is 1. The topological polar surface area (TPSA) is 56.6 Å². The number of hydrogen-bond acceptors (Lipinski definition) is 2. The first-order valence-corrected chi connectivity index (χ1v) is 5.06. The number of halogens is 1. The van der Waals surface area contributed by atoms with Crippen molar-refractivity contribution in [2.24, 2.45) is 0 Å². The van der Waals surface area contributed by atoms with E-state index in [1.54, 1.807) is 12.1 Å². The second-order valence-corrected chi connectivity index (χ2v) is 3.55. The van der Waals surface area contributed by atoms with Gasteiger partial charge in [0.15, 0.2) is 0 Å². The van der Waals surface area contributed by atoms with Gasteiger partial charge in [-0.25, -0.2) is 4.39 Å². The molecule has 0 fully saturated rings. The molecule has 2 rings (SSSR count). The zero-order chi connectivity index (χ0) is 12.3. The molecule has 4 heteroatoms. The molecule has 0 atom stereocenters. The number of aromatic amines is 1. The molecule has 0 aliphatic rings. The van der Waals surface area contributed by atoms with Crippen molar-refractivity contribution >= 4 is 0 Å². The summed E-state index contributed by atoms with van der Waals surface area (Å²) in [7, 11) is 0. The van der Waals surface area contributed by atoms with E-state index in [-0.39, 0.29) is 12.0 Å². The highest BCUT2D eigenvalue weighted by Gasteiger charge is 2.09. The monoisotopic (exact) mass is 228 g/mol. The Bertz CT molecular complexity index is 640. The molecule has 17 heavy (non-hydrogen) atoms. The molecule has 0 aliphatic heterocycles. The van der Waals surface area contributed by atoms with Crippen LogP contribution < -0.4 is 5.56 Å². The first-order chi connectivity index (χ1) is 8.22. The minimum Gasteiger partial charge on any atom is -0.329 e. The van der Waals surface area contributed by atoms with Crippen LogP contribution in [0.25, 0.3) is 11.1 Å². The molecular weight excluding hydrogens is 219 g/mol. The van der Waals surface area contributed by atoms with E-state index in [2.05, 4.69) is 4.98 Å². The molecule has 1 aromatic heterocycles. The molecule has 0 saturated heterocycles. The SMILES string of the molecule is N#CCc1cc[nH]c(=O)c1-c1cccc(F)c1. The molecule has 1 N–H and O–H groups in total. The molecule has 3 nitrogen and oxygen atoms in total. The van der Waals surface area contributed by atoms with Crippen molar-refractivity contribution < 1.29 is 4.39 Å². The summed E-state index contributed by atoms with van der Waals surface area (Å²) in [6.45, 7) is 0. The maximum absolute atomic E-state index is 13.1. The smallest absolute Gasteiger partial charge is 0.256 e. The number of H-pyrrole nitrogens is 1. The highest BCUT2D eigenvalue weighted by Crippen LogP contribution is 2.20. The van der Waals surface area contributed by atoms with Crippen molar-refractivity contribution in [2.45, 2.75) is 6.42 Å². The zero-order valence-electron chi connectivity index (χ0n) is 8.90. The second kappa shape index (κ2) is 4.62. The number of nitriles is 1. The first-order valence-electron chi connectivity index (χ1n) is 5.06. The van der Waals surface area contributed by atoms with Gasteiger partial charge in [0, 0.05) is 6.20 Å². The van der Waals surface area contributed by atoms with E-state index < -0.39 is 5.82 Å². The molecule has 1 aromatic carbocycles. The van der Waals surface area contributed by atoms with Gasteiger partial charge >= 0.3 is 0 Å². The molecule has 0 spiro atoms. The van der Waals surface area contributed by atoms with Gasteiger partial charge in [0.1, 0.15) is 5.82 Å². The summed E-state index contributed by atoms with van der Waals surface area (Å²) in [5.74, 6) is -0.409. The van der Waals surface area contributed by atoms with E-state index >= 15 is 0 Å². The average molecular weight is 228 g/mol. The Kier molecular flexibility index (Phi) is 3.01. The van der Waals surface area contributed by atoms with Crippen molar-refractivity contribution in [1.29, 1.82) is 5.26 Å². The number of aromatic nitrogens is 1. The lowest BCUT2D eigenvalue weighted by Gasteiger charge is -2.05. The number of benzene rings is 1. The highest BCUT2D eigenvalue weighted by atomic mass is 19.1. The fourth-order valence-electron chi connectivity index (χ4n) is 1.71. The van der Waals surface area contributed by atoms with Crippen molar-refractivity contribution in [1.82, 2.24) is 4.98 Å². The summed E-state index contributed by atoms with van der Waals surface area (Å²) >= 11 is 0. The molecule has 0 saturated carbocycles. The minimum atomic E-state index is -0.409. The summed E-state index contributed by atoms with van der Waals surface area (Å²) in [5.41, 5.74) is 1.12. The summed E-state index contributed by atoms with van der Waals surface area (Å²) in [6, 6.07) is 9.42. The molecule has 0 amide bonds. The van der Waals surface area contributed by atoms with Crippen molar-refractivity contribution in [3.8, 4) is 17.2 Å². The highest BCUT2D eigenvalue weighted by molar-refractivity contribution is 5.66. The zero-order valence-corrected chi connectivity index (χ0v) is 8.90. The van der Waals surface area contributed by atoms with Gasteiger partial charge in [-0.3, -0.25) is 4.79 Å². The van der Waals surface area contributed by atoms with Gasteiger partial charge in [-0.1, -0.05) is 12.1 Å². The molecule has 0 radical (unpaired) electrons. The van der Waals surface area contributed by atoms with E-state index in [4.69, 9.17) is 5.26 Å². The van der Waals surface area contributed by atoms with Crippen LogP contribution in [0.4, 0.5) is 4.39 Å². The summed E-state index contributed by atoms with van der Waals surface area (Å²) in [6.07, 6.45) is 1.60. The number of nitrogens with one attached hydrogen (secondary N) is 1. The van der Waals surface area contributed by atoms with Crippen LogP contribution in [0.1, 0.15) is 5.56 Å². The Morgan fingerprint density at radius 3 is 2.88 bits per heavy atom. The third kappa shape index (κ3) is 2.23. The van der Waals surface area contributed by atoms with E-state index in [1.165, 1.54) is 24.4 Å². The number of nitrogens with zero attached hydrogens (tertiary/aromatic N) is 1. The van der Waals surface area contributed by atoms with Crippen molar-refractivity contribution in [2.75, 3.05) is 0 Å². The lowest BCUT2D eigenvalue weighted by molar-refractivity contribution is 0.628. The van der Waals surface area contributed by atoms with Crippen LogP contribution in [0.5, 0.6) is 0 Å². The van der Waals surface area contributed by atoms with E-state index in [0.717, 1.165) is 0 Å². The standard InChI is InChI=1S/C13H9FN2O/c14-11-3-1-2-10(8-11)12-9(4-6-15)5-7-16-13(12)17/h1-3,5,7-8H,4H2,(H,16,17). The quantitative estimate of drug-likeness (QED) is 0.857. The van der Waals surface area contributed by atoms with Crippen LogP contribution in [-0.4, -0.2) is 4.98 Å². The fourth-order valence-corrected chi connectivity index (χ4v) is 1.71. The predicted octanol–water partition coefficient (Wildman–Crippen LogP) is 2.25.